The second-order valence-corrected chi connectivity index (χ2v) is 10.5. The van der Waals surface area contributed by atoms with Crippen molar-refractivity contribution in [3.05, 3.63) is 52.8 Å². The minimum atomic E-state index is -0.570. The summed E-state index contributed by atoms with van der Waals surface area (Å²) < 4.78 is 1.85. The molecule has 0 bridgehead atoms. The molecule has 2 aromatic rings. The number of rotatable bonds is 8. The number of hydrogen-bond acceptors (Lipinski definition) is 3. The number of hydrogen-bond donors (Lipinski definition) is 1. The lowest BCUT2D eigenvalue weighted by Crippen LogP contribution is -2.48. The molecule has 7 heteroatoms. The Bertz CT molecular complexity index is 1060. The van der Waals surface area contributed by atoms with Gasteiger partial charge in [0.05, 0.1) is 22.6 Å². The maximum absolute atomic E-state index is 14.0. The first-order valence-corrected chi connectivity index (χ1v) is 12.7. The van der Waals surface area contributed by atoms with Gasteiger partial charge in [0, 0.05) is 17.8 Å². The number of carbonyl (C=O) groups excluding carboxylic acids is 2. The molecule has 2 atom stereocenters. The molecule has 176 valence electrons. The van der Waals surface area contributed by atoms with Gasteiger partial charge in [-0.25, -0.2) is 4.68 Å². The van der Waals surface area contributed by atoms with E-state index in [4.69, 9.17) is 11.6 Å². The molecule has 2 unspecified atom stereocenters. The summed E-state index contributed by atoms with van der Waals surface area (Å²) in [5, 5.41) is 8.49. The smallest absolute Gasteiger partial charge is 0.230 e. The second-order valence-electron chi connectivity index (χ2n) is 10.1. The van der Waals surface area contributed by atoms with Gasteiger partial charge in [-0.05, 0) is 75.6 Å². The zero-order valence-electron chi connectivity index (χ0n) is 19.5. The fraction of sp³-hybridized carbons (Fsp3) is 0.577. The topological polar surface area (TPSA) is 67.2 Å². The summed E-state index contributed by atoms with van der Waals surface area (Å²) >= 11 is 6.24. The molecule has 6 nitrogen and oxygen atoms in total. The van der Waals surface area contributed by atoms with Crippen LogP contribution in [0.5, 0.6) is 0 Å². The highest BCUT2D eigenvalue weighted by Gasteiger charge is 2.74. The van der Waals surface area contributed by atoms with E-state index in [9.17, 15) is 9.59 Å². The lowest BCUT2D eigenvalue weighted by molar-refractivity contribution is -0.146. The van der Waals surface area contributed by atoms with Crippen LogP contribution in [0.15, 0.2) is 36.5 Å². The number of aryl methyl sites for hydroxylation is 1. The third-order valence-electron chi connectivity index (χ3n) is 7.93. The molecule has 1 aliphatic heterocycles. The largest absolute Gasteiger partial charge is 0.335 e. The molecule has 0 spiro atoms. The Morgan fingerprint density at radius 2 is 1.97 bits per heavy atom. The quantitative estimate of drug-likeness (QED) is 0.580. The van der Waals surface area contributed by atoms with Crippen LogP contribution in [-0.4, -0.2) is 33.0 Å². The van der Waals surface area contributed by atoms with Crippen molar-refractivity contribution in [2.24, 2.45) is 10.8 Å². The molecule has 0 radical (unpaired) electrons. The van der Waals surface area contributed by atoms with E-state index in [0.717, 1.165) is 69.2 Å². The van der Waals surface area contributed by atoms with E-state index in [2.05, 4.69) is 23.4 Å². The lowest BCUT2D eigenvalue weighted by atomic mass is 9.82. The average Bonchev–Trinajstić information content (AvgIpc) is 3.69. The molecule has 1 N–H and O–H groups in total. The molecule has 1 aromatic heterocycles. The third-order valence-corrected chi connectivity index (χ3v) is 8.16. The zero-order valence-corrected chi connectivity index (χ0v) is 20.3. The van der Waals surface area contributed by atoms with Crippen LogP contribution in [-0.2, 0) is 9.59 Å². The highest BCUT2D eigenvalue weighted by molar-refractivity contribution is 6.30. The van der Waals surface area contributed by atoms with Crippen LogP contribution in [0, 0.1) is 17.8 Å². The third kappa shape index (κ3) is 3.86. The Hall–Kier alpha value is -2.34. The molecule has 2 amide bonds. The van der Waals surface area contributed by atoms with Gasteiger partial charge >= 0.3 is 0 Å². The maximum Gasteiger partial charge on any atom is 0.230 e. The Morgan fingerprint density at radius 1 is 1.21 bits per heavy atom. The number of likely N-dealkylation sites (tertiary alicyclic amines) is 1. The van der Waals surface area contributed by atoms with Crippen molar-refractivity contribution in [3.63, 3.8) is 0 Å². The van der Waals surface area contributed by atoms with Crippen LogP contribution in [0.2, 0.25) is 5.02 Å². The minimum absolute atomic E-state index is 0.0263. The summed E-state index contributed by atoms with van der Waals surface area (Å²) in [5.74, 6) is 0.193. The van der Waals surface area contributed by atoms with Crippen LogP contribution in [0.25, 0.3) is 0 Å². The normalized spacial score (nSPS) is 23.2. The molecule has 3 fully saturated rings. The highest BCUT2D eigenvalue weighted by Crippen LogP contribution is 2.71. The molecule has 2 aliphatic carbocycles. The Balaban J connectivity index is 1.35. The monoisotopic (exact) mass is 468 g/mol. The van der Waals surface area contributed by atoms with Crippen molar-refractivity contribution < 1.29 is 9.59 Å². The molecule has 1 saturated heterocycles. The standard InChI is InChI=1S/C26H33ClN4O2/c1-3-6-22(31-16-10-18(2)29-31)28-23(32)25(11-12-25)26(13-14-26)24(33)30-15-5-9-21(30)19-7-4-8-20(27)17-19/h4,7-8,10,16-17,21-22H,3,5-6,9,11-15H2,1-2H3,(H,28,32). The molecule has 33 heavy (non-hydrogen) atoms. The van der Waals surface area contributed by atoms with E-state index in [1.807, 2.05) is 47.0 Å². The number of aromatic nitrogens is 2. The summed E-state index contributed by atoms with van der Waals surface area (Å²) in [4.78, 5) is 29.7. The second kappa shape index (κ2) is 8.46. The predicted octanol–water partition coefficient (Wildman–Crippen LogP) is 5.18. The van der Waals surface area contributed by atoms with Crippen molar-refractivity contribution in [1.29, 1.82) is 0 Å². The van der Waals surface area contributed by atoms with E-state index in [0.29, 0.717) is 5.02 Å². The average molecular weight is 469 g/mol. The van der Waals surface area contributed by atoms with Gasteiger partial charge in [-0.1, -0.05) is 37.1 Å². The van der Waals surface area contributed by atoms with Gasteiger partial charge in [-0.15, -0.1) is 0 Å². The first-order valence-electron chi connectivity index (χ1n) is 12.3. The molecule has 1 aromatic carbocycles. The summed E-state index contributed by atoms with van der Waals surface area (Å²) in [6.45, 7) is 4.81. The number of benzene rings is 1. The van der Waals surface area contributed by atoms with Crippen molar-refractivity contribution in [3.8, 4) is 0 Å². The highest BCUT2D eigenvalue weighted by atomic mass is 35.5. The number of halogens is 1. The number of amides is 2. The summed E-state index contributed by atoms with van der Waals surface area (Å²) in [6, 6.07) is 9.85. The van der Waals surface area contributed by atoms with Crippen molar-refractivity contribution in [2.45, 2.75) is 77.4 Å². The minimum Gasteiger partial charge on any atom is -0.335 e. The number of nitrogens with zero attached hydrogens (tertiary/aromatic N) is 3. The van der Waals surface area contributed by atoms with Crippen LogP contribution < -0.4 is 5.32 Å². The fourth-order valence-corrected chi connectivity index (χ4v) is 6.05. The first kappa shape index (κ1) is 22.5. The molecule has 3 aliphatic rings. The van der Waals surface area contributed by atoms with Gasteiger partial charge in [-0.2, -0.15) is 5.10 Å². The zero-order chi connectivity index (χ0) is 23.2. The Labute approximate surface area is 200 Å². The van der Waals surface area contributed by atoms with Crippen LogP contribution >= 0.6 is 11.6 Å². The molecular weight excluding hydrogens is 436 g/mol. The van der Waals surface area contributed by atoms with Crippen LogP contribution in [0.3, 0.4) is 0 Å². The maximum atomic E-state index is 14.0. The molecule has 2 heterocycles. The summed E-state index contributed by atoms with van der Waals surface area (Å²) in [6.07, 6.45) is 8.61. The van der Waals surface area contributed by atoms with Gasteiger partial charge in [-0.3, -0.25) is 9.59 Å². The van der Waals surface area contributed by atoms with Gasteiger partial charge < -0.3 is 10.2 Å². The van der Waals surface area contributed by atoms with E-state index >= 15 is 0 Å². The van der Waals surface area contributed by atoms with Crippen LogP contribution in [0.1, 0.15) is 81.8 Å². The van der Waals surface area contributed by atoms with E-state index in [1.165, 1.54) is 0 Å². The SMILES string of the molecule is CCCC(NC(=O)C1(C2(C(=O)N3CCCC3c3cccc(Cl)c3)CC2)CC1)n1ccc(C)n1. The summed E-state index contributed by atoms with van der Waals surface area (Å²) in [7, 11) is 0. The van der Waals surface area contributed by atoms with Gasteiger partial charge in [0.2, 0.25) is 11.8 Å². The number of nitrogens with one attached hydrogen (secondary N) is 1. The van der Waals surface area contributed by atoms with E-state index in [1.54, 1.807) is 0 Å². The van der Waals surface area contributed by atoms with E-state index < -0.39 is 10.8 Å². The van der Waals surface area contributed by atoms with Gasteiger partial charge in [0.1, 0.15) is 6.17 Å². The van der Waals surface area contributed by atoms with Gasteiger partial charge in [0.25, 0.3) is 0 Å². The van der Waals surface area contributed by atoms with Crippen LogP contribution in [0.4, 0.5) is 0 Å². The van der Waals surface area contributed by atoms with Crippen molar-refractivity contribution in [2.75, 3.05) is 6.54 Å². The molecule has 5 rings (SSSR count). The lowest BCUT2D eigenvalue weighted by Gasteiger charge is -2.34. The van der Waals surface area contributed by atoms with Crippen molar-refractivity contribution in [1.82, 2.24) is 20.0 Å². The fourth-order valence-electron chi connectivity index (χ4n) is 5.86. The van der Waals surface area contributed by atoms with E-state index in [-0.39, 0.29) is 24.0 Å². The Morgan fingerprint density at radius 3 is 2.58 bits per heavy atom. The van der Waals surface area contributed by atoms with Crippen molar-refractivity contribution >= 4 is 23.4 Å². The number of carbonyl (C=O) groups is 2. The first-order chi connectivity index (χ1) is 15.9. The molecule has 2 saturated carbocycles. The Kier molecular flexibility index (Phi) is 5.76. The predicted molar refractivity (Wildman–Crippen MR) is 128 cm³/mol. The van der Waals surface area contributed by atoms with Gasteiger partial charge in [0.15, 0.2) is 0 Å². The summed E-state index contributed by atoms with van der Waals surface area (Å²) in [5.41, 5.74) is 0.909. The molecular formula is C26H33ClN4O2.